The third-order valence-electron chi connectivity index (χ3n) is 2.38. The molecular weight excluding hydrogens is 425 g/mol. The highest BCUT2D eigenvalue weighted by molar-refractivity contribution is 9.10. The van der Waals surface area contributed by atoms with Gasteiger partial charge < -0.3 is 5.32 Å². The van der Waals surface area contributed by atoms with Crippen LogP contribution in [0.4, 0.5) is 15.9 Å². The predicted molar refractivity (Wildman–Crippen MR) is 89.1 cm³/mol. The van der Waals surface area contributed by atoms with Crippen LogP contribution in [0.5, 0.6) is 0 Å². The third kappa shape index (κ3) is 5.71. The molecule has 0 aliphatic carbocycles. The smallest absolute Gasteiger partial charge is 0.274 e. The Morgan fingerprint density at radius 3 is 3.04 bits per heavy atom. The van der Waals surface area contributed by atoms with E-state index in [1.165, 1.54) is 0 Å². The Balaban J connectivity index is 2.40. The number of hydroxylamine groups is 1. The molecule has 6 N–H and O–H groups in total. The first-order valence-corrected chi connectivity index (χ1v) is 8.51. The molecular formula is C11H13BrFN7O4S. The van der Waals surface area contributed by atoms with E-state index in [0.717, 1.165) is 6.07 Å². The fourth-order valence-electron chi connectivity index (χ4n) is 1.39. The summed E-state index contributed by atoms with van der Waals surface area (Å²) in [4.78, 5) is 3.82. The summed E-state index contributed by atoms with van der Waals surface area (Å²) in [6.45, 7) is -3.23. The molecule has 0 spiro atoms. The van der Waals surface area contributed by atoms with E-state index in [1.54, 1.807) is 10.2 Å². The lowest BCUT2D eigenvalue weighted by molar-refractivity contribution is 0.234. The van der Waals surface area contributed by atoms with Crippen molar-refractivity contribution in [1.29, 1.82) is 0 Å². The van der Waals surface area contributed by atoms with E-state index in [1.807, 2.05) is 0 Å². The summed E-state index contributed by atoms with van der Waals surface area (Å²) < 4.78 is 72.5. The second-order valence-corrected chi connectivity index (χ2v) is 6.30. The van der Waals surface area contributed by atoms with Crippen LogP contribution in [0.3, 0.4) is 0 Å². The topological polar surface area (TPSA) is 168 Å². The lowest BCUT2D eigenvalue weighted by Crippen LogP contribution is -2.34. The fourth-order valence-corrected chi connectivity index (χ4v) is 1.96. The minimum atomic E-state index is -4.17. The maximum Gasteiger partial charge on any atom is 0.274 e. The zero-order valence-electron chi connectivity index (χ0n) is 16.0. The molecule has 0 unspecified atom stereocenters. The summed E-state index contributed by atoms with van der Waals surface area (Å²) in [6.07, 6.45) is 0. The van der Waals surface area contributed by atoms with Gasteiger partial charge in [0.25, 0.3) is 10.2 Å². The van der Waals surface area contributed by atoms with Crippen molar-refractivity contribution in [3.63, 3.8) is 0 Å². The number of halogens is 2. The summed E-state index contributed by atoms with van der Waals surface area (Å²) in [5, 5.41) is 23.1. The number of aromatic nitrogens is 2. The van der Waals surface area contributed by atoms with Gasteiger partial charge in [0.1, 0.15) is 5.82 Å². The van der Waals surface area contributed by atoms with Gasteiger partial charge in [0.05, 0.1) is 15.6 Å². The van der Waals surface area contributed by atoms with Crippen LogP contribution in [0.15, 0.2) is 32.2 Å². The Bertz CT molecular complexity index is 1050. The second kappa shape index (κ2) is 8.30. The van der Waals surface area contributed by atoms with Crippen LogP contribution in [0.1, 0.15) is 11.2 Å². The van der Waals surface area contributed by atoms with E-state index in [2.05, 4.69) is 41.2 Å². The van der Waals surface area contributed by atoms with E-state index in [0.29, 0.717) is 0 Å². The standard InChI is InChI=1S/C11H13BrFN7O4S/c12-7-5-6(1-2-8(7)13)17-11(18-21)9-10(20-24-19-9)15-3-4-16-25(14,22)23/h1-2,5,16,21H,3-4H2,(H,15,20)(H,17,18)(H2,14,22,23)/i1D,3D2,5D. The highest BCUT2D eigenvalue weighted by atomic mass is 79.9. The average molecular weight is 442 g/mol. The van der Waals surface area contributed by atoms with Gasteiger partial charge in [-0.1, -0.05) is 0 Å². The van der Waals surface area contributed by atoms with Crippen LogP contribution in [0.25, 0.3) is 0 Å². The number of nitrogens with zero attached hydrogens (tertiary/aromatic N) is 3. The van der Waals surface area contributed by atoms with Crippen LogP contribution < -0.4 is 20.7 Å². The van der Waals surface area contributed by atoms with Crippen LogP contribution in [0.2, 0.25) is 0 Å². The fraction of sp³-hybridized carbons (Fsp3) is 0.182. The minimum Gasteiger partial charge on any atom is -0.364 e. The van der Waals surface area contributed by atoms with Gasteiger partial charge in [0.2, 0.25) is 5.82 Å². The number of nitrogens with two attached hydrogens (primary N) is 1. The molecule has 1 heterocycles. The monoisotopic (exact) mass is 441 g/mol. The van der Waals surface area contributed by atoms with Crippen LogP contribution in [0, 0.1) is 5.82 Å². The highest BCUT2D eigenvalue weighted by Gasteiger charge is 2.16. The van der Waals surface area contributed by atoms with Gasteiger partial charge in [-0.25, -0.2) is 23.9 Å². The molecule has 136 valence electrons. The molecule has 2 rings (SSSR count). The molecule has 1 aromatic heterocycles. The molecule has 0 atom stereocenters. The second-order valence-electron chi connectivity index (χ2n) is 4.13. The van der Waals surface area contributed by atoms with Crippen LogP contribution >= 0.6 is 15.9 Å². The zero-order chi connectivity index (χ0) is 22.0. The lowest BCUT2D eigenvalue weighted by Gasteiger charge is -2.06. The van der Waals surface area contributed by atoms with Gasteiger partial charge in [-0.2, -0.15) is 8.42 Å². The number of nitrogens with one attached hydrogen (secondary N) is 3. The number of amidine groups is 1. The number of rotatable bonds is 7. The lowest BCUT2D eigenvalue weighted by atomic mass is 10.3. The summed E-state index contributed by atoms with van der Waals surface area (Å²) in [5.74, 6) is -1.80. The maximum absolute atomic E-state index is 13.6. The van der Waals surface area contributed by atoms with E-state index >= 15 is 0 Å². The Hall–Kier alpha value is -2.13. The first kappa shape index (κ1) is 14.1. The van der Waals surface area contributed by atoms with Crippen molar-refractivity contribution >= 4 is 43.5 Å². The first-order valence-electron chi connectivity index (χ1n) is 8.17. The van der Waals surface area contributed by atoms with Gasteiger partial charge in [-0.15, -0.1) is 0 Å². The summed E-state index contributed by atoms with van der Waals surface area (Å²) in [5.41, 5.74) is 0.900. The first-order chi connectivity index (χ1) is 13.3. The highest BCUT2D eigenvalue weighted by Crippen LogP contribution is 2.23. The van der Waals surface area contributed by atoms with Crippen molar-refractivity contribution < 1.29 is 28.1 Å². The van der Waals surface area contributed by atoms with Crippen LogP contribution in [-0.4, -0.2) is 42.8 Å². The number of anilines is 1. The molecule has 0 aliphatic heterocycles. The zero-order valence-corrected chi connectivity index (χ0v) is 14.4. The van der Waals surface area contributed by atoms with E-state index in [-0.39, 0.29) is 15.9 Å². The SMILES string of the molecule is [2H]c1cc(F)c(Br)c([2H])c1N=C(NO)c1nonc1NC([2H])([2H])CNS(N)(=O)=O. The van der Waals surface area contributed by atoms with Crippen molar-refractivity contribution in [2.45, 2.75) is 0 Å². The molecule has 0 saturated carbocycles. The van der Waals surface area contributed by atoms with Gasteiger partial charge in [-0.05, 0) is 44.4 Å². The van der Waals surface area contributed by atoms with Crippen molar-refractivity contribution in [2.24, 2.45) is 10.1 Å². The maximum atomic E-state index is 13.6. The molecule has 2 aromatic rings. The van der Waals surface area contributed by atoms with E-state index in [4.69, 9.17) is 10.6 Å². The quantitative estimate of drug-likeness (QED) is 0.231. The van der Waals surface area contributed by atoms with Crippen molar-refractivity contribution in [3.05, 3.63) is 34.1 Å². The normalized spacial score (nSPS) is 15.1. The van der Waals surface area contributed by atoms with Crippen molar-refractivity contribution in [1.82, 2.24) is 20.5 Å². The third-order valence-corrected chi connectivity index (χ3v) is 3.51. The van der Waals surface area contributed by atoms with Gasteiger partial charge in [-0.3, -0.25) is 10.7 Å². The molecule has 0 saturated heterocycles. The molecule has 11 nitrogen and oxygen atoms in total. The minimum absolute atomic E-state index is 0.272. The largest absolute Gasteiger partial charge is 0.364 e. The Morgan fingerprint density at radius 1 is 1.60 bits per heavy atom. The van der Waals surface area contributed by atoms with E-state index < -0.39 is 52.8 Å². The van der Waals surface area contributed by atoms with E-state index in [9.17, 15) is 18.0 Å². The number of hydrogen-bond donors (Lipinski definition) is 5. The molecule has 0 fully saturated rings. The predicted octanol–water partition coefficient (Wildman–Crippen LogP) is 0.233. The molecule has 0 bridgehead atoms. The summed E-state index contributed by atoms with van der Waals surface area (Å²) >= 11 is 2.84. The van der Waals surface area contributed by atoms with Crippen LogP contribution in [-0.2, 0) is 10.2 Å². The van der Waals surface area contributed by atoms with Gasteiger partial charge in [0, 0.05) is 13.0 Å². The number of aliphatic imine (C=N–C) groups is 1. The number of hydrogen-bond acceptors (Lipinski definition) is 8. The Kier molecular flexibility index (Phi) is 4.68. The Labute approximate surface area is 155 Å². The molecule has 0 radical (unpaired) electrons. The molecule has 0 aliphatic rings. The molecule has 1 aromatic carbocycles. The summed E-state index contributed by atoms with van der Waals surface area (Å²) in [7, 11) is -4.17. The van der Waals surface area contributed by atoms with Gasteiger partial charge >= 0.3 is 0 Å². The number of benzene rings is 1. The Morgan fingerprint density at radius 2 is 2.36 bits per heavy atom. The molecule has 25 heavy (non-hydrogen) atoms. The summed E-state index contributed by atoms with van der Waals surface area (Å²) in [6, 6.07) is -0.197. The molecule has 14 heteroatoms. The van der Waals surface area contributed by atoms with Gasteiger partial charge in [0.15, 0.2) is 11.5 Å². The van der Waals surface area contributed by atoms with Crippen molar-refractivity contribution in [2.75, 3.05) is 18.4 Å². The van der Waals surface area contributed by atoms with Crippen molar-refractivity contribution in [3.8, 4) is 0 Å². The average Bonchev–Trinajstić information content (AvgIpc) is 3.05. The molecule has 0 amide bonds.